The molecule has 0 aliphatic heterocycles. The SMILES string of the molecule is C[Si](C)(C)CC(C[Si](C)(C)C)(C(=O)O)C(=O)O. The molecule has 2 N–H and O–H groups in total. The quantitative estimate of drug-likeness (QED) is 0.578. The summed E-state index contributed by atoms with van der Waals surface area (Å²) in [6.45, 7) is 12.1. The van der Waals surface area contributed by atoms with E-state index in [1.165, 1.54) is 0 Å². The van der Waals surface area contributed by atoms with Gasteiger partial charge in [0.05, 0.1) is 0 Å². The van der Waals surface area contributed by atoms with Gasteiger partial charge in [-0.3, -0.25) is 9.59 Å². The van der Waals surface area contributed by atoms with Gasteiger partial charge in [0.2, 0.25) is 0 Å². The number of rotatable bonds is 6. The van der Waals surface area contributed by atoms with Crippen molar-refractivity contribution >= 4 is 28.1 Å². The maximum atomic E-state index is 11.5. The van der Waals surface area contributed by atoms with Crippen molar-refractivity contribution in [1.82, 2.24) is 0 Å². The fourth-order valence-corrected chi connectivity index (χ4v) is 6.99. The molecule has 0 unspecified atom stereocenters. The van der Waals surface area contributed by atoms with Gasteiger partial charge in [0, 0.05) is 16.1 Å². The van der Waals surface area contributed by atoms with Gasteiger partial charge < -0.3 is 10.2 Å². The summed E-state index contributed by atoms with van der Waals surface area (Å²) >= 11 is 0. The van der Waals surface area contributed by atoms with Crippen LogP contribution >= 0.6 is 0 Å². The average molecular weight is 276 g/mol. The molecular formula is C11H24O4Si2. The number of hydrogen-bond donors (Lipinski definition) is 2. The molecule has 0 spiro atoms. The van der Waals surface area contributed by atoms with E-state index in [9.17, 15) is 19.8 Å². The number of carbonyl (C=O) groups is 2. The molecule has 0 bridgehead atoms. The Hall–Kier alpha value is -0.626. The van der Waals surface area contributed by atoms with E-state index in [0.29, 0.717) is 12.1 Å². The van der Waals surface area contributed by atoms with E-state index in [-0.39, 0.29) is 0 Å². The molecule has 4 nitrogen and oxygen atoms in total. The first-order valence-electron chi connectivity index (χ1n) is 5.77. The van der Waals surface area contributed by atoms with E-state index in [4.69, 9.17) is 0 Å². The minimum Gasteiger partial charge on any atom is -0.480 e. The summed E-state index contributed by atoms with van der Waals surface area (Å²) in [5.74, 6) is -2.34. The van der Waals surface area contributed by atoms with Crippen LogP contribution in [0.5, 0.6) is 0 Å². The smallest absolute Gasteiger partial charge is 0.320 e. The third kappa shape index (κ3) is 5.03. The van der Waals surface area contributed by atoms with E-state index in [2.05, 4.69) is 0 Å². The van der Waals surface area contributed by atoms with Crippen LogP contribution in [-0.2, 0) is 9.59 Å². The standard InChI is InChI=1S/C11H24O4Si2/c1-16(2,3)7-11(9(12)13,10(14)15)8-17(4,5)6/h7-8H2,1-6H3,(H,12,13)(H,14,15). The van der Waals surface area contributed by atoms with E-state index >= 15 is 0 Å². The summed E-state index contributed by atoms with van der Waals surface area (Å²) in [7, 11) is -3.51. The van der Waals surface area contributed by atoms with Gasteiger partial charge in [-0.1, -0.05) is 39.3 Å². The molecule has 0 aromatic carbocycles. The first-order valence-corrected chi connectivity index (χ1v) is 13.2. The predicted molar refractivity (Wildman–Crippen MR) is 74.0 cm³/mol. The minimum atomic E-state index is -1.76. The Kier molecular flexibility index (Phi) is 4.75. The summed E-state index contributed by atoms with van der Waals surface area (Å²) in [5.41, 5.74) is -1.57. The van der Waals surface area contributed by atoms with Gasteiger partial charge in [0.15, 0.2) is 5.41 Å². The molecule has 100 valence electrons. The molecule has 6 heteroatoms. The van der Waals surface area contributed by atoms with Gasteiger partial charge in [-0.15, -0.1) is 0 Å². The molecule has 0 aliphatic carbocycles. The van der Waals surface area contributed by atoms with Crippen molar-refractivity contribution in [2.45, 2.75) is 51.4 Å². The van der Waals surface area contributed by atoms with Crippen LogP contribution in [0.15, 0.2) is 0 Å². The highest BCUT2D eigenvalue weighted by atomic mass is 28.3. The monoisotopic (exact) mass is 276 g/mol. The summed E-state index contributed by atoms with van der Waals surface area (Å²) in [5, 5.41) is 18.8. The molecule has 0 rings (SSSR count). The first kappa shape index (κ1) is 16.4. The largest absolute Gasteiger partial charge is 0.480 e. The number of carboxylic acid groups (broad SMARTS) is 2. The molecule has 0 aromatic heterocycles. The van der Waals surface area contributed by atoms with Crippen LogP contribution in [0.1, 0.15) is 0 Å². The number of carboxylic acids is 2. The van der Waals surface area contributed by atoms with Crippen molar-refractivity contribution in [3.8, 4) is 0 Å². The molecule has 17 heavy (non-hydrogen) atoms. The molecule has 0 atom stereocenters. The van der Waals surface area contributed by atoms with Crippen molar-refractivity contribution in [2.75, 3.05) is 0 Å². The fourth-order valence-electron chi connectivity index (χ4n) is 2.27. The van der Waals surface area contributed by atoms with Gasteiger partial charge in [-0.05, 0) is 12.1 Å². The lowest BCUT2D eigenvalue weighted by Gasteiger charge is -2.34. The predicted octanol–water partition coefficient (Wildman–Crippen LogP) is 2.82. The normalized spacial score (nSPS) is 13.5. The summed E-state index contributed by atoms with van der Waals surface area (Å²) in [6.07, 6.45) is 0. The van der Waals surface area contributed by atoms with E-state index in [1.807, 2.05) is 39.3 Å². The van der Waals surface area contributed by atoms with E-state index < -0.39 is 33.5 Å². The maximum absolute atomic E-state index is 11.5. The van der Waals surface area contributed by atoms with Crippen LogP contribution < -0.4 is 0 Å². The second-order valence-electron chi connectivity index (χ2n) is 7.17. The summed E-state index contributed by atoms with van der Waals surface area (Å²) in [6, 6.07) is 0.601. The summed E-state index contributed by atoms with van der Waals surface area (Å²) in [4.78, 5) is 23.0. The van der Waals surface area contributed by atoms with Crippen LogP contribution in [-0.4, -0.2) is 38.3 Å². The van der Waals surface area contributed by atoms with Crippen molar-refractivity contribution in [3.05, 3.63) is 0 Å². The zero-order chi connectivity index (χ0) is 14.1. The molecule has 0 saturated carbocycles. The lowest BCUT2D eigenvalue weighted by molar-refractivity contribution is -0.161. The van der Waals surface area contributed by atoms with Crippen LogP contribution in [0, 0.1) is 5.41 Å². The van der Waals surface area contributed by atoms with Crippen LogP contribution in [0.4, 0.5) is 0 Å². The maximum Gasteiger partial charge on any atom is 0.320 e. The molecule has 0 heterocycles. The molecule has 0 amide bonds. The zero-order valence-corrected chi connectivity index (χ0v) is 13.6. The second kappa shape index (κ2) is 4.93. The average Bonchev–Trinajstić information content (AvgIpc) is 1.96. The van der Waals surface area contributed by atoms with Crippen molar-refractivity contribution < 1.29 is 19.8 Å². The fraction of sp³-hybridized carbons (Fsp3) is 0.818. The third-order valence-electron chi connectivity index (χ3n) is 2.48. The minimum absolute atomic E-state index is 0.301. The molecule has 0 aliphatic rings. The van der Waals surface area contributed by atoms with Crippen molar-refractivity contribution in [3.63, 3.8) is 0 Å². The Morgan fingerprint density at radius 3 is 1.18 bits per heavy atom. The Balaban J connectivity index is 5.46. The molecule has 0 radical (unpaired) electrons. The van der Waals surface area contributed by atoms with Crippen LogP contribution in [0.25, 0.3) is 0 Å². The van der Waals surface area contributed by atoms with Gasteiger partial charge >= 0.3 is 11.9 Å². The first-order chi connectivity index (χ1) is 7.30. The molecule has 0 fully saturated rings. The molecule has 0 aromatic rings. The number of aliphatic carboxylic acids is 2. The Bertz CT molecular complexity index is 280. The Labute approximate surface area is 105 Å². The topological polar surface area (TPSA) is 74.6 Å². The van der Waals surface area contributed by atoms with Gasteiger partial charge in [0.25, 0.3) is 0 Å². The molecule has 0 saturated heterocycles. The lowest BCUT2D eigenvalue weighted by Crippen LogP contribution is -2.48. The van der Waals surface area contributed by atoms with E-state index in [0.717, 1.165) is 0 Å². The second-order valence-corrected chi connectivity index (χ2v) is 18.1. The summed E-state index contributed by atoms with van der Waals surface area (Å²) < 4.78 is 0. The van der Waals surface area contributed by atoms with Gasteiger partial charge in [0.1, 0.15) is 0 Å². The zero-order valence-electron chi connectivity index (χ0n) is 11.6. The van der Waals surface area contributed by atoms with Crippen molar-refractivity contribution in [2.24, 2.45) is 5.41 Å². The van der Waals surface area contributed by atoms with Crippen LogP contribution in [0.3, 0.4) is 0 Å². The Morgan fingerprint density at radius 1 is 0.824 bits per heavy atom. The van der Waals surface area contributed by atoms with Gasteiger partial charge in [-0.2, -0.15) is 0 Å². The Morgan fingerprint density at radius 2 is 1.06 bits per heavy atom. The van der Waals surface area contributed by atoms with Crippen LogP contribution in [0.2, 0.25) is 51.4 Å². The number of hydrogen-bond acceptors (Lipinski definition) is 2. The third-order valence-corrected chi connectivity index (χ3v) is 5.81. The highest BCUT2D eigenvalue weighted by Crippen LogP contribution is 2.38. The van der Waals surface area contributed by atoms with E-state index in [1.54, 1.807) is 0 Å². The van der Waals surface area contributed by atoms with Gasteiger partial charge in [-0.25, -0.2) is 0 Å². The highest BCUT2D eigenvalue weighted by molar-refractivity contribution is 6.79. The highest BCUT2D eigenvalue weighted by Gasteiger charge is 2.51. The molecular weight excluding hydrogens is 252 g/mol. The van der Waals surface area contributed by atoms with Crippen molar-refractivity contribution in [1.29, 1.82) is 0 Å². The lowest BCUT2D eigenvalue weighted by atomic mass is 9.93.